The van der Waals surface area contributed by atoms with E-state index in [0.717, 1.165) is 6.07 Å². The third kappa shape index (κ3) is 5.55. The third-order valence-electron chi connectivity index (χ3n) is 1.59. The van der Waals surface area contributed by atoms with Gasteiger partial charge in [-0.25, -0.2) is 9.59 Å². The van der Waals surface area contributed by atoms with Crippen molar-refractivity contribution in [2.24, 2.45) is 0 Å². The van der Waals surface area contributed by atoms with Gasteiger partial charge < -0.3 is 10.2 Å². The Hall–Kier alpha value is 0.993. The molecule has 0 aliphatic heterocycles. The molecular weight excluding hydrogens is 262 g/mol. The van der Waals surface area contributed by atoms with Gasteiger partial charge in [0, 0.05) is 108 Å². The number of carbonyl (C=O) groups is 2. The molecule has 0 aromatic heterocycles. The molecule has 0 atom stereocenters. The molecular formula is C10H6K2O4. The summed E-state index contributed by atoms with van der Waals surface area (Å²) in [7, 11) is 0. The van der Waals surface area contributed by atoms with Gasteiger partial charge in [0.15, 0.2) is 0 Å². The van der Waals surface area contributed by atoms with Crippen molar-refractivity contribution >= 4 is 115 Å². The van der Waals surface area contributed by atoms with Gasteiger partial charge in [0.1, 0.15) is 0 Å². The zero-order valence-corrected chi connectivity index (χ0v) is 15.3. The van der Waals surface area contributed by atoms with Crippen molar-refractivity contribution in [3.05, 3.63) is 34.9 Å². The maximum Gasteiger partial charge on any atom is 0.335 e. The van der Waals surface area contributed by atoms with Gasteiger partial charge >= 0.3 is 11.9 Å². The molecule has 0 spiro atoms. The Bertz CT molecular complexity index is 416. The number of aromatic carboxylic acids is 2. The number of carboxylic acids is 2. The van der Waals surface area contributed by atoms with Crippen LogP contribution in [0.5, 0.6) is 0 Å². The van der Waals surface area contributed by atoms with Crippen LogP contribution in [-0.2, 0) is 0 Å². The van der Waals surface area contributed by atoms with Crippen LogP contribution in [0.1, 0.15) is 26.3 Å². The Morgan fingerprint density at radius 2 is 1.38 bits per heavy atom. The SMILES string of the molecule is C#Cc1cc(C(=O)O)cc(C(=O)O)c1.[K].[K]. The summed E-state index contributed by atoms with van der Waals surface area (Å²) in [6.45, 7) is 0. The molecule has 4 nitrogen and oxygen atoms in total. The van der Waals surface area contributed by atoms with Crippen LogP contribution in [0.2, 0.25) is 0 Å². The normalized spacial score (nSPS) is 7.94. The molecule has 0 unspecified atom stereocenters. The predicted molar refractivity (Wildman–Crippen MR) is 59.8 cm³/mol. The van der Waals surface area contributed by atoms with Crippen LogP contribution in [0.3, 0.4) is 0 Å². The largest absolute Gasteiger partial charge is 0.478 e. The number of rotatable bonds is 2. The first-order valence-electron chi connectivity index (χ1n) is 3.63. The summed E-state index contributed by atoms with van der Waals surface area (Å²) in [4.78, 5) is 21.2. The van der Waals surface area contributed by atoms with Crippen molar-refractivity contribution in [2.45, 2.75) is 0 Å². The first kappa shape index (κ1) is 19.3. The molecule has 6 heteroatoms. The molecule has 1 rings (SSSR count). The van der Waals surface area contributed by atoms with Crippen LogP contribution < -0.4 is 0 Å². The van der Waals surface area contributed by atoms with E-state index in [-0.39, 0.29) is 119 Å². The van der Waals surface area contributed by atoms with E-state index in [4.69, 9.17) is 16.6 Å². The van der Waals surface area contributed by atoms with Crippen molar-refractivity contribution < 1.29 is 19.8 Å². The number of hydrogen-bond donors (Lipinski definition) is 2. The fraction of sp³-hybridized carbons (Fsp3) is 0. The Morgan fingerprint density at radius 1 is 1.00 bits per heavy atom. The summed E-state index contributed by atoms with van der Waals surface area (Å²) in [5.41, 5.74) is -0.0157. The molecule has 1 aromatic rings. The maximum atomic E-state index is 10.6. The van der Waals surface area contributed by atoms with Crippen LogP contribution in [-0.4, -0.2) is 125 Å². The number of carboxylic acid groups (broad SMARTS) is 2. The van der Waals surface area contributed by atoms with E-state index in [2.05, 4.69) is 5.92 Å². The summed E-state index contributed by atoms with van der Waals surface area (Å²) in [5.74, 6) is -0.217. The van der Waals surface area contributed by atoms with Crippen LogP contribution >= 0.6 is 0 Å². The van der Waals surface area contributed by atoms with Gasteiger partial charge in [-0.15, -0.1) is 6.42 Å². The smallest absolute Gasteiger partial charge is 0.335 e. The minimum Gasteiger partial charge on any atom is -0.478 e. The Kier molecular flexibility index (Phi) is 10.9. The van der Waals surface area contributed by atoms with E-state index < -0.39 is 11.9 Å². The maximum absolute atomic E-state index is 10.6. The van der Waals surface area contributed by atoms with Crippen LogP contribution in [0, 0.1) is 12.3 Å². The molecule has 1 aromatic carbocycles. The Labute approximate surface area is 178 Å². The molecule has 2 N–H and O–H groups in total. The Morgan fingerprint density at radius 3 is 1.62 bits per heavy atom. The van der Waals surface area contributed by atoms with Gasteiger partial charge in [0.25, 0.3) is 0 Å². The van der Waals surface area contributed by atoms with Gasteiger partial charge in [-0.3, -0.25) is 0 Å². The van der Waals surface area contributed by atoms with Crippen molar-refractivity contribution in [1.82, 2.24) is 0 Å². The zero-order valence-electron chi connectivity index (χ0n) is 9.02. The quantitative estimate of drug-likeness (QED) is 0.598. The first-order chi connectivity index (χ1) is 6.54. The Balaban J connectivity index is 0. The number of benzene rings is 1. The summed E-state index contributed by atoms with van der Waals surface area (Å²) in [6, 6.07) is 3.55. The monoisotopic (exact) mass is 268 g/mol. The van der Waals surface area contributed by atoms with Gasteiger partial charge in [-0.2, -0.15) is 0 Å². The van der Waals surface area contributed by atoms with E-state index >= 15 is 0 Å². The van der Waals surface area contributed by atoms with Crippen molar-refractivity contribution in [3.8, 4) is 12.3 Å². The van der Waals surface area contributed by atoms with Gasteiger partial charge in [0.05, 0.1) is 11.1 Å². The van der Waals surface area contributed by atoms with E-state index in [1.165, 1.54) is 12.1 Å². The molecule has 2 radical (unpaired) electrons. The zero-order chi connectivity index (χ0) is 10.7. The summed E-state index contributed by atoms with van der Waals surface area (Å²) >= 11 is 0. The van der Waals surface area contributed by atoms with Crippen LogP contribution in [0.25, 0.3) is 0 Å². The molecule has 0 bridgehead atoms. The first-order valence-corrected chi connectivity index (χ1v) is 3.63. The average molecular weight is 268 g/mol. The summed E-state index contributed by atoms with van der Waals surface area (Å²) in [5, 5.41) is 17.3. The molecule has 0 fully saturated rings. The van der Waals surface area contributed by atoms with E-state index in [1.807, 2.05) is 0 Å². The average Bonchev–Trinajstić information content (AvgIpc) is 2.16. The molecule has 16 heavy (non-hydrogen) atoms. The molecule has 0 saturated heterocycles. The van der Waals surface area contributed by atoms with E-state index in [0.29, 0.717) is 0 Å². The fourth-order valence-electron chi connectivity index (χ4n) is 0.958. The topological polar surface area (TPSA) is 74.6 Å². The number of terminal acetylenes is 1. The van der Waals surface area contributed by atoms with Crippen LogP contribution in [0.4, 0.5) is 0 Å². The van der Waals surface area contributed by atoms with E-state index in [1.54, 1.807) is 0 Å². The van der Waals surface area contributed by atoms with Gasteiger partial charge in [-0.1, -0.05) is 5.92 Å². The number of hydrogen-bond acceptors (Lipinski definition) is 2. The fourth-order valence-corrected chi connectivity index (χ4v) is 0.958. The predicted octanol–water partition coefficient (Wildman–Crippen LogP) is 0.303. The van der Waals surface area contributed by atoms with Gasteiger partial charge in [0.2, 0.25) is 0 Å². The standard InChI is InChI=1S/C10H6O4.2K/c1-2-6-3-7(9(11)12)5-8(4-6)10(13)14;;/h1,3-5H,(H,11,12)(H,13,14);;. The van der Waals surface area contributed by atoms with Crippen molar-refractivity contribution in [1.29, 1.82) is 0 Å². The third-order valence-corrected chi connectivity index (χ3v) is 1.59. The van der Waals surface area contributed by atoms with Crippen LogP contribution in [0.15, 0.2) is 18.2 Å². The minimum absolute atomic E-state index is 0. The second kappa shape index (κ2) is 8.99. The van der Waals surface area contributed by atoms with E-state index in [9.17, 15) is 9.59 Å². The molecule has 0 amide bonds. The second-order valence-corrected chi connectivity index (χ2v) is 2.55. The minimum atomic E-state index is -1.20. The molecule has 0 saturated carbocycles. The summed E-state index contributed by atoms with van der Waals surface area (Å²) in [6.07, 6.45) is 5.05. The van der Waals surface area contributed by atoms with Crippen molar-refractivity contribution in [2.75, 3.05) is 0 Å². The molecule has 0 aliphatic carbocycles. The second-order valence-electron chi connectivity index (χ2n) is 2.55. The molecule has 0 heterocycles. The molecule has 72 valence electrons. The summed E-state index contributed by atoms with van der Waals surface area (Å²) < 4.78 is 0. The van der Waals surface area contributed by atoms with Gasteiger partial charge in [-0.05, 0) is 18.2 Å². The van der Waals surface area contributed by atoms with Crippen molar-refractivity contribution in [3.63, 3.8) is 0 Å². The molecule has 0 aliphatic rings.